The van der Waals surface area contributed by atoms with Crippen molar-refractivity contribution < 1.29 is 19.0 Å². The lowest BCUT2D eigenvalue weighted by atomic mass is 10.2. The Hall–Kier alpha value is -2.40. The average Bonchev–Trinajstić information content (AvgIpc) is 2.48. The normalized spacial score (nSPS) is 10.1. The number of hydrogen-bond acceptors (Lipinski definition) is 3. The molecule has 0 radical (unpaired) electrons. The molecule has 0 aliphatic heterocycles. The summed E-state index contributed by atoms with van der Waals surface area (Å²) in [4.78, 5) is 11.6. The van der Waals surface area contributed by atoms with Gasteiger partial charge in [0.1, 0.15) is 6.61 Å². The Balaban J connectivity index is 1.95. The van der Waals surface area contributed by atoms with E-state index in [2.05, 4.69) is 5.32 Å². The molecule has 0 heterocycles. The van der Waals surface area contributed by atoms with Crippen LogP contribution < -0.4 is 5.32 Å². The zero-order chi connectivity index (χ0) is 14.4. The van der Waals surface area contributed by atoms with Crippen molar-refractivity contribution in [1.82, 2.24) is 0 Å². The van der Waals surface area contributed by atoms with Crippen LogP contribution in [0.4, 0.5) is 14.9 Å². The first-order valence-corrected chi connectivity index (χ1v) is 6.06. The van der Waals surface area contributed by atoms with Gasteiger partial charge in [-0.2, -0.15) is 0 Å². The molecule has 0 saturated carbocycles. The monoisotopic (exact) mass is 275 g/mol. The number of nitrogens with one attached hydrogen (secondary N) is 1. The van der Waals surface area contributed by atoms with Gasteiger partial charge in [0, 0.05) is 5.56 Å². The quantitative estimate of drug-likeness (QED) is 0.901. The van der Waals surface area contributed by atoms with Crippen LogP contribution in [0, 0.1) is 5.82 Å². The number of carbonyl (C=O) groups excluding carboxylic acids is 1. The first kappa shape index (κ1) is 14.0. The smallest absolute Gasteiger partial charge is 0.412 e. The van der Waals surface area contributed by atoms with Crippen molar-refractivity contribution in [3.8, 4) is 0 Å². The topological polar surface area (TPSA) is 58.6 Å². The minimum Gasteiger partial charge on any atom is -0.444 e. The van der Waals surface area contributed by atoms with Gasteiger partial charge in [-0.15, -0.1) is 0 Å². The molecule has 0 unspecified atom stereocenters. The fourth-order valence-corrected chi connectivity index (χ4v) is 1.67. The van der Waals surface area contributed by atoms with Crippen molar-refractivity contribution in [3.63, 3.8) is 0 Å². The molecule has 0 atom stereocenters. The largest absolute Gasteiger partial charge is 0.444 e. The summed E-state index contributed by atoms with van der Waals surface area (Å²) in [5.41, 5.74) is 0.938. The first-order valence-electron chi connectivity index (χ1n) is 6.06. The van der Waals surface area contributed by atoms with Crippen molar-refractivity contribution >= 4 is 11.8 Å². The van der Waals surface area contributed by atoms with Gasteiger partial charge in [0.2, 0.25) is 0 Å². The van der Waals surface area contributed by atoms with Gasteiger partial charge in [0.25, 0.3) is 0 Å². The van der Waals surface area contributed by atoms with E-state index in [9.17, 15) is 9.18 Å². The Morgan fingerprint density at radius 2 is 1.90 bits per heavy atom. The number of benzene rings is 2. The predicted molar refractivity (Wildman–Crippen MR) is 72.6 cm³/mol. The van der Waals surface area contributed by atoms with E-state index in [0.717, 1.165) is 5.56 Å². The molecule has 2 N–H and O–H groups in total. The fourth-order valence-electron chi connectivity index (χ4n) is 1.67. The lowest BCUT2D eigenvalue weighted by molar-refractivity contribution is 0.155. The zero-order valence-corrected chi connectivity index (χ0v) is 10.7. The molecule has 0 saturated heterocycles. The maximum absolute atomic E-state index is 13.8. The van der Waals surface area contributed by atoms with E-state index < -0.39 is 18.5 Å². The first-order chi connectivity index (χ1) is 9.70. The van der Waals surface area contributed by atoms with Gasteiger partial charge in [-0.25, -0.2) is 9.18 Å². The number of aliphatic hydroxyl groups excluding tert-OH is 1. The molecule has 2 rings (SSSR count). The van der Waals surface area contributed by atoms with Crippen molar-refractivity contribution in [1.29, 1.82) is 0 Å². The van der Waals surface area contributed by atoms with E-state index in [1.54, 1.807) is 6.07 Å². The summed E-state index contributed by atoms with van der Waals surface area (Å²) in [6.45, 7) is -0.325. The lowest BCUT2D eigenvalue weighted by Gasteiger charge is -2.09. The molecule has 0 aliphatic carbocycles. The number of aliphatic hydroxyl groups is 1. The van der Waals surface area contributed by atoms with E-state index in [-0.39, 0.29) is 17.9 Å². The van der Waals surface area contributed by atoms with Crippen molar-refractivity contribution in [3.05, 3.63) is 65.5 Å². The Morgan fingerprint density at radius 3 is 2.60 bits per heavy atom. The second-order valence-corrected chi connectivity index (χ2v) is 4.12. The summed E-state index contributed by atoms with van der Waals surface area (Å²) in [5, 5.41) is 11.3. The summed E-state index contributed by atoms with van der Waals surface area (Å²) in [6, 6.07) is 13.6. The molecule has 104 valence electrons. The van der Waals surface area contributed by atoms with E-state index in [4.69, 9.17) is 9.84 Å². The highest BCUT2D eigenvalue weighted by Crippen LogP contribution is 2.18. The van der Waals surface area contributed by atoms with Crippen LogP contribution in [-0.4, -0.2) is 11.2 Å². The number of halogens is 1. The summed E-state index contributed by atoms with van der Waals surface area (Å²) >= 11 is 0. The van der Waals surface area contributed by atoms with Gasteiger partial charge in [0.05, 0.1) is 12.3 Å². The molecule has 1 amide bonds. The van der Waals surface area contributed by atoms with Crippen LogP contribution in [0.1, 0.15) is 11.1 Å². The molecular formula is C15H14FNO3. The van der Waals surface area contributed by atoms with Gasteiger partial charge in [-0.3, -0.25) is 5.32 Å². The highest BCUT2D eigenvalue weighted by molar-refractivity contribution is 5.84. The Bertz CT molecular complexity index is 587. The van der Waals surface area contributed by atoms with Crippen LogP contribution in [0.15, 0.2) is 48.5 Å². The van der Waals surface area contributed by atoms with E-state index in [1.807, 2.05) is 30.3 Å². The SMILES string of the molecule is O=C(Nc1cccc(CO)c1F)OCc1ccccc1. The number of rotatable bonds is 4. The minimum absolute atomic E-state index is 0.0189. The lowest BCUT2D eigenvalue weighted by Crippen LogP contribution is -2.15. The second-order valence-electron chi connectivity index (χ2n) is 4.12. The predicted octanol–water partition coefficient (Wildman–Crippen LogP) is 3.07. The Labute approximate surface area is 115 Å². The number of ether oxygens (including phenoxy) is 1. The van der Waals surface area contributed by atoms with Crippen LogP contribution in [0.5, 0.6) is 0 Å². The minimum atomic E-state index is -0.747. The van der Waals surface area contributed by atoms with Crippen LogP contribution in [0.25, 0.3) is 0 Å². The van der Waals surface area contributed by atoms with Crippen LogP contribution >= 0.6 is 0 Å². The van der Waals surface area contributed by atoms with E-state index >= 15 is 0 Å². The molecule has 20 heavy (non-hydrogen) atoms. The molecule has 0 bridgehead atoms. The number of amides is 1. The third kappa shape index (κ3) is 3.55. The third-order valence-corrected chi connectivity index (χ3v) is 2.70. The standard InChI is InChI=1S/C15H14FNO3/c16-14-12(9-18)7-4-8-13(14)17-15(19)20-10-11-5-2-1-3-6-11/h1-8,18H,9-10H2,(H,17,19). The third-order valence-electron chi connectivity index (χ3n) is 2.70. The van der Waals surface area contributed by atoms with Crippen LogP contribution in [0.3, 0.4) is 0 Å². The fraction of sp³-hybridized carbons (Fsp3) is 0.133. The second kappa shape index (κ2) is 6.68. The molecule has 0 fully saturated rings. The van der Waals surface area contributed by atoms with E-state index in [1.165, 1.54) is 12.1 Å². The molecule has 0 aromatic heterocycles. The molecule has 0 spiro atoms. The molecule has 5 heteroatoms. The van der Waals surface area contributed by atoms with Gasteiger partial charge in [-0.1, -0.05) is 42.5 Å². The highest BCUT2D eigenvalue weighted by atomic mass is 19.1. The molecular weight excluding hydrogens is 261 g/mol. The summed E-state index contributed by atoms with van der Waals surface area (Å²) in [5.74, 6) is -0.660. The maximum atomic E-state index is 13.8. The summed E-state index contributed by atoms with van der Waals surface area (Å²) in [7, 11) is 0. The summed E-state index contributed by atoms with van der Waals surface area (Å²) < 4.78 is 18.7. The van der Waals surface area contributed by atoms with Gasteiger partial charge < -0.3 is 9.84 Å². The average molecular weight is 275 g/mol. The van der Waals surface area contributed by atoms with Gasteiger partial charge >= 0.3 is 6.09 Å². The molecule has 2 aromatic rings. The van der Waals surface area contributed by atoms with Gasteiger partial charge in [0.15, 0.2) is 5.82 Å². The van der Waals surface area contributed by atoms with E-state index in [0.29, 0.717) is 0 Å². The number of anilines is 1. The van der Waals surface area contributed by atoms with Crippen molar-refractivity contribution in [2.24, 2.45) is 0 Å². The van der Waals surface area contributed by atoms with Gasteiger partial charge in [-0.05, 0) is 11.6 Å². The molecule has 4 nitrogen and oxygen atoms in total. The Morgan fingerprint density at radius 1 is 1.15 bits per heavy atom. The number of hydrogen-bond donors (Lipinski definition) is 2. The van der Waals surface area contributed by atoms with Crippen LogP contribution in [0.2, 0.25) is 0 Å². The van der Waals surface area contributed by atoms with Crippen molar-refractivity contribution in [2.45, 2.75) is 13.2 Å². The number of carbonyl (C=O) groups is 1. The summed E-state index contributed by atoms with van der Waals surface area (Å²) in [6.07, 6.45) is -0.747. The van der Waals surface area contributed by atoms with Crippen molar-refractivity contribution in [2.75, 3.05) is 5.32 Å². The molecule has 2 aromatic carbocycles. The van der Waals surface area contributed by atoms with Crippen LogP contribution in [-0.2, 0) is 18.0 Å². The maximum Gasteiger partial charge on any atom is 0.412 e. The highest BCUT2D eigenvalue weighted by Gasteiger charge is 2.10. The Kier molecular flexibility index (Phi) is 4.68. The molecule has 0 aliphatic rings. The zero-order valence-electron chi connectivity index (χ0n) is 10.7.